The second-order valence-electron chi connectivity index (χ2n) is 11.2. The maximum absolute atomic E-state index is 14.2. The van der Waals surface area contributed by atoms with Gasteiger partial charge in [0.15, 0.2) is 0 Å². The molecule has 4 atom stereocenters. The molecule has 0 radical (unpaired) electrons. The zero-order valence-corrected chi connectivity index (χ0v) is 21.2. The summed E-state index contributed by atoms with van der Waals surface area (Å²) in [6.45, 7) is 5.68. The Morgan fingerprint density at radius 3 is 2.54 bits per heavy atom. The number of amides is 1. The number of carbonyl (C=O) groups excluding carboxylic acids is 1. The number of carbonyl (C=O) groups is 1. The number of morpholine rings is 2. The summed E-state index contributed by atoms with van der Waals surface area (Å²) in [5.74, 6) is 0.166. The predicted molar refractivity (Wildman–Crippen MR) is 137 cm³/mol. The lowest BCUT2D eigenvalue weighted by Crippen LogP contribution is -2.50. The number of hydrogen-bond donors (Lipinski definition) is 1. The third kappa shape index (κ3) is 3.90. The molecule has 1 aromatic heterocycles. The molecule has 0 spiro atoms. The van der Waals surface area contributed by atoms with Crippen LogP contribution in [-0.4, -0.2) is 60.6 Å². The first-order valence-electron chi connectivity index (χ1n) is 13.5. The number of aromatic nitrogens is 1. The smallest absolute Gasteiger partial charge is 0.230 e. The van der Waals surface area contributed by atoms with Gasteiger partial charge in [-0.15, -0.1) is 0 Å². The molecule has 1 aliphatic carbocycles. The zero-order valence-electron chi connectivity index (χ0n) is 21.2. The van der Waals surface area contributed by atoms with Crippen LogP contribution >= 0.6 is 0 Å². The number of ether oxygens (including phenoxy) is 3. The summed E-state index contributed by atoms with van der Waals surface area (Å²) in [7, 11) is 0. The minimum absolute atomic E-state index is 0.0800. The van der Waals surface area contributed by atoms with E-state index < -0.39 is 5.82 Å². The maximum Gasteiger partial charge on any atom is 0.230 e. The molecule has 2 aromatic rings. The van der Waals surface area contributed by atoms with E-state index in [1.807, 2.05) is 11.0 Å². The van der Waals surface area contributed by atoms with Crippen molar-refractivity contribution in [3.05, 3.63) is 41.8 Å². The fraction of sp³-hybridized carbons (Fsp3) is 0.571. The molecule has 8 nitrogen and oxygen atoms in total. The third-order valence-corrected chi connectivity index (χ3v) is 8.55. The average Bonchev–Trinajstić information content (AvgIpc) is 3.54. The van der Waals surface area contributed by atoms with Crippen LogP contribution in [0.5, 0.6) is 0 Å². The lowest BCUT2D eigenvalue weighted by Gasteiger charge is -2.38. The van der Waals surface area contributed by atoms with Gasteiger partial charge in [0.05, 0.1) is 61.6 Å². The van der Waals surface area contributed by atoms with Crippen LogP contribution in [0.25, 0.3) is 0 Å². The molecule has 1 amide bonds. The van der Waals surface area contributed by atoms with E-state index in [0.29, 0.717) is 24.6 Å². The first-order valence-corrected chi connectivity index (χ1v) is 13.5. The summed E-state index contributed by atoms with van der Waals surface area (Å²) in [5.41, 5.74) is 3.34. The van der Waals surface area contributed by atoms with Gasteiger partial charge in [-0.05, 0) is 63.8 Å². The monoisotopic (exact) mass is 508 g/mol. The van der Waals surface area contributed by atoms with Crippen LogP contribution in [0.15, 0.2) is 30.5 Å². The minimum Gasteiger partial charge on any atom is -0.376 e. The molecule has 196 valence electrons. The van der Waals surface area contributed by atoms with Crippen LogP contribution in [0.4, 0.5) is 27.3 Å². The van der Waals surface area contributed by atoms with Crippen molar-refractivity contribution in [1.82, 2.24) is 4.98 Å². The molecule has 9 heteroatoms. The van der Waals surface area contributed by atoms with Gasteiger partial charge in [-0.2, -0.15) is 0 Å². The standard InChI is InChI=1S/C28H33FN4O4/c1-15(2)37-20-6-3-16(4-7-20)28(34)32-12-17-9-18(29)11-30-27(17)31-21-8-5-19(10-22(21)32)33-23-13-35-26-24(33)14-36-25(23)26/h5,8-11,15-16,20,23-26H,3-4,6-7,12-14H2,1-2H3,(H,30,31)/t16?,20?,23-,24-,25-,26-/m1/s1. The summed E-state index contributed by atoms with van der Waals surface area (Å²) in [6.07, 6.45) is 5.16. The lowest BCUT2D eigenvalue weighted by molar-refractivity contribution is -0.124. The molecular formula is C28H33FN4O4. The van der Waals surface area contributed by atoms with Crippen LogP contribution in [0.2, 0.25) is 0 Å². The van der Waals surface area contributed by atoms with Gasteiger partial charge in [-0.3, -0.25) is 4.79 Å². The Morgan fingerprint density at radius 2 is 1.84 bits per heavy atom. The van der Waals surface area contributed by atoms with Crippen LogP contribution in [-0.2, 0) is 25.5 Å². The highest BCUT2D eigenvalue weighted by molar-refractivity contribution is 6.00. The van der Waals surface area contributed by atoms with Crippen molar-refractivity contribution in [1.29, 1.82) is 0 Å². The number of hydrogen-bond acceptors (Lipinski definition) is 7. The first kappa shape index (κ1) is 23.4. The highest BCUT2D eigenvalue weighted by atomic mass is 19.1. The lowest BCUT2D eigenvalue weighted by atomic mass is 9.86. The second-order valence-corrected chi connectivity index (χ2v) is 11.2. The molecule has 5 aliphatic rings. The molecule has 7 rings (SSSR count). The third-order valence-electron chi connectivity index (χ3n) is 8.55. The summed E-state index contributed by atoms with van der Waals surface area (Å²) in [4.78, 5) is 22.6. The van der Waals surface area contributed by atoms with Crippen molar-refractivity contribution in [2.75, 3.05) is 28.3 Å². The number of anilines is 4. The largest absolute Gasteiger partial charge is 0.376 e. The van der Waals surface area contributed by atoms with Crippen LogP contribution in [0, 0.1) is 11.7 Å². The summed E-state index contributed by atoms with van der Waals surface area (Å²) in [5, 5.41) is 3.37. The van der Waals surface area contributed by atoms with Gasteiger partial charge in [-0.1, -0.05) is 0 Å². The molecule has 3 saturated heterocycles. The number of nitrogens with zero attached hydrogens (tertiary/aromatic N) is 3. The first-order chi connectivity index (χ1) is 18.0. The van der Waals surface area contributed by atoms with Gasteiger partial charge in [0, 0.05) is 17.2 Å². The highest BCUT2D eigenvalue weighted by Gasteiger charge is 2.60. The Hall–Kier alpha value is -2.75. The highest BCUT2D eigenvalue weighted by Crippen LogP contribution is 2.46. The van der Waals surface area contributed by atoms with E-state index in [2.05, 4.69) is 41.2 Å². The Bertz CT molecular complexity index is 1200. The van der Waals surface area contributed by atoms with E-state index in [0.717, 1.165) is 42.7 Å². The minimum atomic E-state index is -0.407. The zero-order chi connectivity index (χ0) is 25.3. The Morgan fingerprint density at radius 1 is 1.11 bits per heavy atom. The van der Waals surface area contributed by atoms with E-state index in [-0.39, 0.29) is 54.9 Å². The van der Waals surface area contributed by atoms with Crippen molar-refractivity contribution in [3.63, 3.8) is 0 Å². The number of pyridine rings is 1. The SMILES string of the molecule is CC(C)OC1CCC(C(=O)N2Cc3cc(F)cnc3Nc3ccc(N4[C@@H]5CO[C@H]6[C@@H]5OC[C@H]64)cc32)CC1. The molecule has 1 saturated carbocycles. The molecule has 0 unspecified atom stereocenters. The van der Waals surface area contributed by atoms with Gasteiger partial charge in [-0.25, -0.2) is 9.37 Å². The number of benzene rings is 1. The topological polar surface area (TPSA) is 76.2 Å². The van der Waals surface area contributed by atoms with E-state index in [1.54, 1.807) is 0 Å². The van der Waals surface area contributed by atoms with Crippen LogP contribution in [0.1, 0.15) is 45.1 Å². The normalized spacial score (nSPS) is 31.8. The van der Waals surface area contributed by atoms with E-state index in [9.17, 15) is 9.18 Å². The molecule has 37 heavy (non-hydrogen) atoms. The van der Waals surface area contributed by atoms with Crippen LogP contribution in [0.3, 0.4) is 0 Å². The number of rotatable bonds is 4. The average molecular weight is 509 g/mol. The molecule has 4 aliphatic heterocycles. The molecule has 1 aromatic carbocycles. The molecule has 4 fully saturated rings. The second kappa shape index (κ2) is 8.92. The van der Waals surface area contributed by atoms with Crippen molar-refractivity contribution in [2.24, 2.45) is 5.92 Å². The Labute approximate surface area is 216 Å². The fourth-order valence-corrected chi connectivity index (χ4v) is 6.92. The maximum atomic E-state index is 14.2. The Kier molecular flexibility index (Phi) is 5.64. The summed E-state index contributed by atoms with van der Waals surface area (Å²) >= 11 is 0. The number of halogens is 1. The molecule has 4 bridgehead atoms. The van der Waals surface area contributed by atoms with Gasteiger partial charge >= 0.3 is 0 Å². The summed E-state index contributed by atoms with van der Waals surface area (Å²) < 4.78 is 32.1. The van der Waals surface area contributed by atoms with Crippen LogP contribution < -0.4 is 15.1 Å². The Balaban J connectivity index is 1.22. The van der Waals surface area contributed by atoms with E-state index >= 15 is 0 Å². The van der Waals surface area contributed by atoms with Crippen molar-refractivity contribution in [2.45, 2.75) is 82.6 Å². The molecule has 1 N–H and O–H groups in total. The van der Waals surface area contributed by atoms with Crippen molar-refractivity contribution < 1.29 is 23.4 Å². The van der Waals surface area contributed by atoms with E-state index in [1.165, 1.54) is 12.3 Å². The fourth-order valence-electron chi connectivity index (χ4n) is 6.92. The van der Waals surface area contributed by atoms with Gasteiger partial charge < -0.3 is 29.3 Å². The quantitative estimate of drug-likeness (QED) is 0.665. The van der Waals surface area contributed by atoms with Crippen molar-refractivity contribution in [3.8, 4) is 0 Å². The van der Waals surface area contributed by atoms with Gasteiger partial charge in [0.1, 0.15) is 23.8 Å². The van der Waals surface area contributed by atoms with Gasteiger partial charge in [0.25, 0.3) is 0 Å². The van der Waals surface area contributed by atoms with Crippen molar-refractivity contribution >= 4 is 28.8 Å². The van der Waals surface area contributed by atoms with Gasteiger partial charge in [0.2, 0.25) is 5.91 Å². The van der Waals surface area contributed by atoms with E-state index in [4.69, 9.17) is 14.2 Å². The molecule has 5 heterocycles. The predicted octanol–water partition coefficient (Wildman–Crippen LogP) is 4.15. The number of fused-ring (bicyclic) bond motifs is 2. The number of nitrogens with one attached hydrogen (secondary N) is 1. The molecular weight excluding hydrogens is 475 g/mol. The summed E-state index contributed by atoms with van der Waals surface area (Å²) in [6, 6.07) is 8.06.